The van der Waals surface area contributed by atoms with E-state index >= 15 is 0 Å². The minimum Gasteiger partial charge on any atom is -0.484 e. The normalized spacial score (nSPS) is 14.7. The molecule has 0 aliphatic carbocycles. The number of hydrogen-bond donors (Lipinski definition) is 1. The fraction of sp³-hybridized carbons (Fsp3) is 0.348. The maximum atomic E-state index is 13.1. The van der Waals surface area contributed by atoms with Crippen LogP contribution in [0.4, 0.5) is 13.2 Å². The molecule has 1 aliphatic heterocycles. The Labute approximate surface area is 188 Å². The molecular weight excluding hydrogens is 441 g/mol. The molecule has 176 valence electrons. The molecule has 1 aliphatic rings. The van der Waals surface area contributed by atoms with E-state index in [1.54, 1.807) is 11.0 Å². The van der Waals surface area contributed by atoms with Gasteiger partial charge in [0.2, 0.25) is 0 Å². The zero-order valence-corrected chi connectivity index (χ0v) is 17.7. The molecule has 0 aromatic heterocycles. The predicted molar refractivity (Wildman–Crippen MR) is 112 cm³/mol. The largest absolute Gasteiger partial charge is 0.484 e. The van der Waals surface area contributed by atoms with E-state index in [1.165, 1.54) is 36.4 Å². The number of benzene rings is 2. The molecule has 2 aromatic carbocycles. The summed E-state index contributed by atoms with van der Waals surface area (Å²) in [5.74, 6) is -2.49. The summed E-state index contributed by atoms with van der Waals surface area (Å²) in [6.45, 7) is 2.22. The average Bonchev–Trinajstić information content (AvgIpc) is 2.81. The number of halogens is 3. The van der Waals surface area contributed by atoms with Gasteiger partial charge >= 0.3 is 12.1 Å². The number of carboxylic acids is 1. The quantitative estimate of drug-likeness (QED) is 0.478. The lowest BCUT2D eigenvalue weighted by Crippen LogP contribution is -2.50. The van der Waals surface area contributed by atoms with E-state index < -0.39 is 23.5 Å². The Morgan fingerprint density at radius 3 is 2.18 bits per heavy atom. The van der Waals surface area contributed by atoms with Gasteiger partial charge in [0.05, 0.1) is 5.56 Å². The number of carboxylic acid groups (broad SMARTS) is 1. The van der Waals surface area contributed by atoms with Crippen LogP contribution in [0, 0.1) is 0 Å². The van der Waals surface area contributed by atoms with Gasteiger partial charge in [-0.3, -0.25) is 14.5 Å². The number of ketones is 1. The zero-order chi connectivity index (χ0) is 24.0. The topological polar surface area (TPSA) is 87.1 Å². The van der Waals surface area contributed by atoms with Crippen LogP contribution >= 0.6 is 0 Å². The highest BCUT2D eigenvalue weighted by Crippen LogP contribution is 2.32. The van der Waals surface area contributed by atoms with E-state index in [1.807, 2.05) is 4.90 Å². The van der Waals surface area contributed by atoms with Crippen LogP contribution in [0.25, 0.3) is 0 Å². The van der Waals surface area contributed by atoms with Crippen molar-refractivity contribution in [1.29, 1.82) is 0 Å². The highest BCUT2D eigenvalue weighted by Gasteiger charge is 2.33. The summed E-state index contributed by atoms with van der Waals surface area (Å²) >= 11 is 0. The lowest BCUT2D eigenvalue weighted by Gasteiger charge is -2.34. The third-order valence-corrected chi connectivity index (χ3v) is 5.42. The molecule has 1 amide bonds. The minimum atomic E-state index is -4.38. The van der Waals surface area contributed by atoms with Gasteiger partial charge in [0.25, 0.3) is 11.7 Å². The molecule has 2 aromatic rings. The van der Waals surface area contributed by atoms with Crippen molar-refractivity contribution in [2.45, 2.75) is 12.6 Å². The standard InChI is InChI=1S/C23H23F3N2O5/c24-23(25,26)19-4-2-1-3-16(19)9-10-27-11-13-28(14-12-27)20(29)15-33-18-7-5-17(6-8-18)21(30)22(31)32/h1-8H,9-15H2,(H,31,32). The maximum Gasteiger partial charge on any atom is 0.416 e. The van der Waals surface area contributed by atoms with Gasteiger partial charge in [-0.15, -0.1) is 0 Å². The molecule has 1 heterocycles. The highest BCUT2D eigenvalue weighted by molar-refractivity contribution is 6.39. The molecule has 10 heteroatoms. The number of ether oxygens (including phenoxy) is 1. The van der Waals surface area contributed by atoms with Crippen LogP contribution in [0.15, 0.2) is 48.5 Å². The smallest absolute Gasteiger partial charge is 0.416 e. The van der Waals surface area contributed by atoms with Crippen LogP contribution in [-0.2, 0) is 22.2 Å². The van der Waals surface area contributed by atoms with Gasteiger partial charge < -0.3 is 14.7 Å². The van der Waals surface area contributed by atoms with Crippen molar-refractivity contribution in [3.63, 3.8) is 0 Å². The summed E-state index contributed by atoms with van der Waals surface area (Å²) in [5, 5.41) is 8.70. The molecule has 0 atom stereocenters. The summed E-state index contributed by atoms with van der Waals surface area (Å²) in [7, 11) is 0. The minimum absolute atomic E-state index is 0.00940. The maximum absolute atomic E-state index is 13.1. The Hall–Kier alpha value is -3.40. The van der Waals surface area contributed by atoms with Gasteiger partial charge in [0.15, 0.2) is 6.61 Å². The Morgan fingerprint density at radius 1 is 0.939 bits per heavy atom. The second kappa shape index (κ2) is 10.5. The van der Waals surface area contributed by atoms with Gasteiger partial charge in [-0.25, -0.2) is 4.79 Å². The molecule has 0 spiro atoms. The molecule has 0 bridgehead atoms. The van der Waals surface area contributed by atoms with Crippen LogP contribution < -0.4 is 4.74 Å². The summed E-state index contributed by atoms with van der Waals surface area (Å²) in [4.78, 5) is 38.1. The second-order valence-corrected chi connectivity index (χ2v) is 7.57. The van der Waals surface area contributed by atoms with Gasteiger partial charge in [-0.05, 0) is 42.3 Å². The number of rotatable bonds is 8. The lowest BCUT2D eigenvalue weighted by molar-refractivity contribution is -0.138. The van der Waals surface area contributed by atoms with Gasteiger partial charge in [0.1, 0.15) is 5.75 Å². The number of Topliss-reactive ketones (excluding diaryl/α,β-unsaturated/α-hetero) is 1. The third-order valence-electron chi connectivity index (χ3n) is 5.42. The lowest BCUT2D eigenvalue weighted by atomic mass is 10.0. The number of piperazine rings is 1. The molecule has 1 N–H and O–H groups in total. The van der Waals surface area contributed by atoms with Crippen molar-refractivity contribution in [2.24, 2.45) is 0 Å². The Balaban J connectivity index is 1.43. The second-order valence-electron chi connectivity index (χ2n) is 7.57. The number of nitrogens with zero attached hydrogens (tertiary/aromatic N) is 2. The number of carbonyl (C=O) groups is 3. The first-order chi connectivity index (χ1) is 15.6. The summed E-state index contributed by atoms with van der Waals surface area (Å²) in [6.07, 6.45) is -4.11. The molecule has 0 saturated carbocycles. The van der Waals surface area contributed by atoms with Crippen molar-refractivity contribution in [3.8, 4) is 5.75 Å². The number of carbonyl (C=O) groups excluding carboxylic acids is 2. The van der Waals surface area contributed by atoms with Gasteiger partial charge in [-0.2, -0.15) is 13.2 Å². The molecule has 1 fully saturated rings. The van der Waals surface area contributed by atoms with Crippen LogP contribution in [0.3, 0.4) is 0 Å². The number of hydrogen-bond acceptors (Lipinski definition) is 5. The van der Waals surface area contributed by atoms with Crippen LogP contribution in [-0.4, -0.2) is 71.9 Å². The Bertz CT molecular complexity index is 1000. The van der Waals surface area contributed by atoms with Crippen molar-refractivity contribution in [2.75, 3.05) is 39.3 Å². The SMILES string of the molecule is O=C(O)C(=O)c1ccc(OCC(=O)N2CCN(CCc3ccccc3C(F)(F)F)CC2)cc1. The van der Waals surface area contributed by atoms with Crippen LogP contribution in [0.2, 0.25) is 0 Å². The van der Waals surface area contributed by atoms with Gasteiger partial charge in [-0.1, -0.05) is 18.2 Å². The van der Waals surface area contributed by atoms with Crippen LogP contribution in [0.1, 0.15) is 21.5 Å². The predicted octanol–water partition coefficient (Wildman–Crippen LogP) is 2.74. The number of alkyl halides is 3. The number of amides is 1. The summed E-state index contributed by atoms with van der Waals surface area (Å²) in [6, 6.07) is 11.0. The summed E-state index contributed by atoms with van der Waals surface area (Å²) < 4.78 is 44.8. The molecule has 33 heavy (non-hydrogen) atoms. The fourth-order valence-corrected chi connectivity index (χ4v) is 3.58. The average molecular weight is 464 g/mol. The van der Waals surface area contributed by atoms with E-state index in [0.717, 1.165) is 6.07 Å². The first-order valence-electron chi connectivity index (χ1n) is 10.3. The molecule has 7 nitrogen and oxygen atoms in total. The Kier molecular flexibility index (Phi) is 7.70. The third kappa shape index (κ3) is 6.55. The van der Waals surface area contributed by atoms with E-state index in [9.17, 15) is 27.6 Å². The van der Waals surface area contributed by atoms with Crippen LogP contribution in [0.5, 0.6) is 5.75 Å². The molecule has 3 rings (SSSR count). The fourth-order valence-electron chi connectivity index (χ4n) is 3.58. The van der Waals surface area contributed by atoms with Gasteiger partial charge in [0, 0.05) is 38.3 Å². The molecule has 0 radical (unpaired) electrons. The van der Waals surface area contributed by atoms with E-state index in [4.69, 9.17) is 9.84 Å². The van der Waals surface area contributed by atoms with E-state index in [-0.39, 0.29) is 30.1 Å². The van der Waals surface area contributed by atoms with Crippen molar-refractivity contribution < 1.29 is 37.4 Å². The first-order valence-corrected chi connectivity index (χ1v) is 10.3. The highest BCUT2D eigenvalue weighted by atomic mass is 19.4. The molecule has 1 saturated heterocycles. The van der Waals surface area contributed by atoms with E-state index in [2.05, 4.69) is 0 Å². The zero-order valence-electron chi connectivity index (χ0n) is 17.7. The summed E-state index contributed by atoms with van der Waals surface area (Å²) in [5.41, 5.74) is -0.348. The molecular formula is C23H23F3N2O5. The van der Waals surface area contributed by atoms with E-state index in [0.29, 0.717) is 38.5 Å². The first kappa shape index (κ1) is 24.2. The van der Waals surface area contributed by atoms with Crippen molar-refractivity contribution in [3.05, 3.63) is 65.2 Å². The number of aliphatic carboxylic acids is 1. The monoisotopic (exact) mass is 464 g/mol. The van der Waals surface area contributed by atoms with Crippen molar-refractivity contribution >= 4 is 17.7 Å². The Morgan fingerprint density at radius 2 is 1.58 bits per heavy atom. The molecule has 0 unspecified atom stereocenters. The van der Waals surface area contributed by atoms with Crippen molar-refractivity contribution in [1.82, 2.24) is 9.80 Å².